The predicted octanol–water partition coefficient (Wildman–Crippen LogP) is 2.05. The maximum atomic E-state index is 13.0. The molecule has 0 spiro atoms. The topological polar surface area (TPSA) is 58.6 Å². The second-order valence-electron chi connectivity index (χ2n) is 5.27. The first kappa shape index (κ1) is 16.9. The van der Waals surface area contributed by atoms with E-state index in [9.17, 15) is 8.42 Å². The van der Waals surface area contributed by atoms with Gasteiger partial charge < -0.3 is 10.1 Å². The molecule has 5 nitrogen and oxygen atoms in total. The van der Waals surface area contributed by atoms with Crippen molar-refractivity contribution in [1.29, 1.82) is 0 Å². The van der Waals surface area contributed by atoms with Gasteiger partial charge in [-0.05, 0) is 31.3 Å². The molecule has 0 saturated carbocycles. The van der Waals surface area contributed by atoms with Crippen LogP contribution in [0.15, 0.2) is 16.3 Å². The van der Waals surface area contributed by atoms with E-state index in [-0.39, 0.29) is 12.1 Å². The van der Waals surface area contributed by atoms with E-state index in [1.807, 2.05) is 26.2 Å². The molecule has 0 aliphatic carbocycles. The zero-order valence-electron chi connectivity index (χ0n) is 12.8. The van der Waals surface area contributed by atoms with E-state index < -0.39 is 10.0 Å². The highest BCUT2D eigenvalue weighted by Crippen LogP contribution is 2.29. The molecule has 21 heavy (non-hydrogen) atoms. The fourth-order valence-electron chi connectivity index (χ4n) is 2.48. The minimum absolute atomic E-state index is 0.0570. The fraction of sp³-hybridized carbons (Fsp3) is 0.714. The third kappa shape index (κ3) is 3.65. The molecule has 1 aromatic heterocycles. The summed E-state index contributed by atoms with van der Waals surface area (Å²) in [5.41, 5.74) is 0. The number of nitrogens with zero attached hydrogens (tertiary/aromatic N) is 1. The van der Waals surface area contributed by atoms with Crippen LogP contribution in [0.5, 0.6) is 0 Å². The summed E-state index contributed by atoms with van der Waals surface area (Å²) in [5.74, 6) is 0. The number of hydrogen-bond acceptors (Lipinski definition) is 5. The normalized spacial score (nSPS) is 24.3. The van der Waals surface area contributed by atoms with Gasteiger partial charge in [-0.15, -0.1) is 11.3 Å². The van der Waals surface area contributed by atoms with Crippen LogP contribution >= 0.6 is 11.3 Å². The molecule has 1 aliphatic heterocycles. The molecule has 2 atom stereocenters. The van der Waals surface area contributed by atoms with Gasteiger partial charge in [0.05, 0.1) is 17.6 Å². The molecular formula is C14H24N2O3S2. The molecule has 2 unspecified atom stereocenters. The zero-order chi connectivity index (χ0) is 15.5. The molecule has 0 radical (unpaired) electrons. The highest BCUT2D eigenvalue weighted by Gasteiger charge is 2.36. The molecule has 0 aromatic carbocycles. The van der Waals surface area contributed by atoms with Crippen LogP contribution in [-0.4, -0.2) is 44.6 Å². The number of nitrogens with one attached hydrogen (secondary N) is 1. The molecule has 1 fully saturated rings. The molecule has 0 bridgehead atoms. The first-order chi connectivity index (χ1) is 10.0. The number of morpholine rings is 1. The lowest BCUT2D eigenvalue weighted by atomic mass is 10.2. The molecule has 0 amide bonds. The average Bonchev–Trinajstić information content (AvgIpc) is 2.94. The summed E-state index contributed by atoms with van der Waals surface area (Å²) in [6, 6.07) is 1.65. The van der Waals surface area contributed by atoms with E-state index in [2.05, 4.69) is 5.32 Å². The van der Waals surface area contributed by atoms with Crippen LogP contribution in [0.1, 0.15) is 32.1 Å². The van der Waals surface area contributed by atoms with Crippen molar-refractivity contribution in [2.24, 2.45) is 0 Å². The Morgan fingerprint density at radius 2 is 2.24 bits per heavy atom. The standard InChI is InChI=1S/C14H24N2O3S2/c1-4-12-10-19-11(3)9-16(12)21(17,18)14-6-7-20-13(14)8-15-5-2/h6-7,11-12,15H,4-5,8-10H2,1-3H3. The van der Waals surface area contributed by atoms with Gasteiger partial charge in [-0.1, -0.05) is 13.8 Å². The van der Waals surface area contributed by atoms with Crippen LogP contribution in [0.25, 0.3) is 0 Å². The number of ether oxygens (including phenoxy) is 1. The summed E-state index contributed by atoms with van der Waals surface area (Å²) in [4.78, 5) is 1.33. The fourth-order valence-corrected chi connectivity index (χ4v) is 5.63. The number of rotatable bonds is 6. The van der Waals surface area contributed by atoms with Crippen LogP contribution in [0.3, 0.4) is 0 Å². The summed E-state index contributed by atoms with van der Waals surface area (Å²) in [6.45, 7) is 8.25. The minimum Gasteiger partial charge on any atom is -0.375 e. The Morgan fingerprint density at radius 1 is 1.48 bits per heavy atom. The van der Waals surface area contributed by atoms with E-state index in [1.54, 1.807) is 10.4 Å². The van der Waals surface area contributed by atoms with Crippen molar-refractivity contribution in [2.45, 2.75) is 50.8 Å². The highest BCUT2D eigenvalue weighted by molar-refractivity contribution is 7.89. The van der Waals surface area contributed by atoms with Gasteiger partial charge in [0.1, 0.15) is 0 Å². The monoisotopic (exact) mass is 332 g/mol. The molecule has 2 rings (SSSR count). The molecule has 2 heterocycles. The van der Waals surface area contributed by atoms with E-state index in [1.165, 1.54) is 11.3 Å². The average molecular weight is 332 g/mol. The van der Waals surface area contributed by atoms with Crippen molar-refractivity contribution < 1.29 is 13.2 Å². The summed E-state index contributed by atoms with van der Waals surface area (Å²) in [7, 11) is -3.45. The first-order valence-electron chi connectivity index (χ1n) is 7.41. The largest absolute Gasteiger partial charge is 0.375 e. The Kier molecular flexibility index (Phi) is 5.79. The van der Waals surface area contributed by atoms with Crippen molar-refractivity contribution in [3.63, 3.8) is 0 Å². The summed E-state index contributed by atoms with van der Waals surface area (Å²) >= 11 is 1.49. The smallest absolute Gasteiger partial charge is 0.244 e. The van der Waals surface area contributed by atoms with Crippen LogP contribution in [-0.2, 0) is 21.3 Å². The van der Waals surface area contributed by atoms with Gasteiger partial charge in [0.25, 0.3) is 0 Å². The molecule has 1 aliphatic rings. The van der Waals surface area contributed by atoms with Crippen molar-refractivity contribution in [2.75, 3.05) is 19.7 Å². The molecule has 1 N–H and O–H groups in total. The second-order valence-corrected chi connectivity index (χ2v) is 8.13. The van der Waals surface area contributed by atoms with Crippen LogP contribution in [0, 0.1) is 0 Å². The quantitative estimate of drug-likeness (QED) is 0.866. The Morgan fingerprint density at radius 3 is 2.90 bits per heavy atom. The lowest BCUT2D eigenvalue weighted by Crippen LogP contribution is -2.51. The predicted molar refractivity (Wildman–Crippen MR) is 85.1 cm³/mol. The zero-order valence-corrected chi connectivity index (χ0v) is 14.5. The Hall–Kier alpha value is -0.470. The first-order valence-corrected chi connectivity index (χ1v) is 9.73. The Balaban J connectivity index is 2.29. The van der Waals surface area contributed by atoms with E-state index in [0.717, 1.165) is 17.8 Å². The van der Waals surface area contributed by atoms with Crippen LogP contribution < -0.4 is 5.32 Å². The summed E-state index contributed by atoms with van der Waals surface area (Å²) in [6.07, 6.45) is 0.706. The number of hydrogen-bond donors (Lipinski definition) is 1. The molecule has 7 heteroatoms. The Bertz CT molecular complexity index is 556. The van der Waals surface area contributed by atoms with Gasteiger partial charge in [0.2, 0.25) is 10.0 Å². The van der Waals surface area contributed by atoms with Crippen LogP contribution in [0.4, 0.5) is 0 Å². The highest BCUT2D eigenvalue weighted by atomic mass is 32.2. The van der Waals surface area contributed by atoms with E-state index >= 15 is 0 Å². The SMILES string of the molecule is CCNCc1sccc1S(=O)(=O)N1CC(C)OCC1CC. The van der Waals surface area contributed by atoms with Gasteiger partial charge >= 0.3 is 0 Å². The maximum Gasteiger partial charge on any atom is 0.244 e. The third-order valence-corrected chi connectivity index (χ3v) is 6.77. The number of sulfonamides is 1. The molecule has 1 aromatic rings. The maximum absolute atomic E-state index is 13.0. The minimum atomic E-state index is -3.45. The Labute approximate surface area is 131 Å². The van der Waals surface area contributed by atoms with Gasteiger partial charge in [-0.2, -0.15) is 4.31 Å². The molecule has 1 saturated heterocycles. The van der Waals surface area contributed by atoms with E-state index in [4.69, 9.17) is 4.74 Å². The third-order valence-electron chi connectivity index (χ3n) is 3.72. The lowest BCUT2D eigenvalue weighted by Gasteiger charge is -2.37. The van der Waals surface area contributed by atoms with E-state index in [0.29, 0.717) is 24.6 Å². The molecular weight excluding hydrogens is 308 g/mol. The molecule has 120 valence electrons. The van der Waals surface area contributed by atoms with Crippen molar-refractivity contribution >= 4 is 21.4 Å². The van der Waals surface area contributed by atoms with Gasteiger partial charge in [0, 0.05) is 24.0 Å². The van der Waals surface area contributed by atoms with Gasteiger partial charge in [-0.25, -0.2) is 8.42 Å². The van der Waals surface area contributed by atoms with Crippen molar-refractivity contribution in [1.82, 2.24) is 9.62 Å². The number of thiophene rings is 1. The second kappa shape index (κ2) is 7.19. The summed E-state index contributed by atoms with van der Waals surface area (Å²) in [5, 5.41) is 5.05. The van der Waals surface area contributed by atoms with Gasteiger partial charge in [0.15, 0.2) is 0 Å². The lowest BCUT2D eigenvalue weighted by molar-refractivity contribution is -0.0230. The van der Waals surface area contributed by atoms with Crippen molar-refractivity contribution in [3.05, 3.63) is 16.3 Å². The van der Waals surface area contributed by atoms with Crippen LogP contribution in [0.2, 0.25) is 0 Å². The van der Waals surface area contributed by atoms with Crippen molar-refractivity contribution in [3.8, 4) is 0 Å². The summed E-state index contributed by atoms with van der Waals surface area (Å²) < 4.78 is 33.2. The van der Waals surface area contributed by atoms with Gasteiger partial charge in [-0.3, -0.25) is 0 Å².